The smallest absolute Gasteiger partial charge is 0.0683 e. The molecule has 84 valence electrons. The van der Waals surface area contributed by atoms with Crippen molar-refractivity contribution < 1.29 is 0 Å². The lowest BCUT2D eigenvalue weighted by Gasteiger charge is -2.02. The van der Waals surface area contributed by atoms with Crippen LogP contribution in [0.15, 0.2) is 30.5 Å². The van der Waals surface area contributed by atoms with Gasteiger partial charge >= 0.3 is 0 Å². The van der Waals surface area contributed by atoms with Crippen LogP contribution < -0.4 is 0 Å². The first-order valence-corrected chi connectivity index (χ1v) is 5.78. The number of halogens is 1. The van der Waals surface area contributed by atoms with E-state index in [9.17, 15) is 0 Å². The minimum atomic E-state index is 0.452. The summed E-state index contributed by atoms with van der Waals surface area (Å²) in [4.78, 5) is 0. The number of aryl methyl sites for hydroxylation is 1. The third-order valence-corrected chi connectivity index (χ3v) is 2.83. The molecule has 1 aromatic carbocycles. The normalized spacial score (nSPS) is 11.1. The molecule has 0 saturated heterocycles. The SMILES string of the molecule is Cc1cn(-c2ccc(Cl)cc2)nc1C(C)C. The molecule has 2 aromatic rings. The van der Waals surface area contributed by atoms with Crippen LogP contribution in [0.2, 0.25) is 5.02 Å². The molecule has 2 nitrogen and oxygen atoms in total. The van der Waals surface area contributed by atoms with Gasteiger partial charge in [0.2, 0.25) is 0 Å². The van der Waals surface area contributed by atoms with Crippen molar-refractivity contribution in [3.05, 3.63) is 46.7 Å². The van der Waals surface area contributed by atoms with E-state index in [4.69, 9.17) is 11.6 Å². The molecular formula is C13H15ClN2. The van der Waals surface area contributed by atoms with Gasteiger partial charge in [-0.15, -0.1) is 0 Å². The van der Waals surface area contributed by atoms with E-state index >= 15 is 0 Å². The Balaban J connectivity index is 2.41. The van der Waals surface area contributed by atoms with Gasteiger partial charge in [0.05, 0.1) is 11.4 Å². The Bertz CT molecular complexity index is 483. The lowest BCUT2D eigenvalue weighted by molar-refractivity contribution is 0.765. The molecule has 0 saturated carbocycles. The summed E-state index contributed by atoms with van der Waals surface area (Å²) in [6.07, 6.45) is 2.05. The lowest BCUT2D eigenvalue weighted by atomic mass is 10.1. The maximum Gasteiger partial charge on any atom is 0.0683 e. The largest absolute Gasteiger partial charge is 0.240 e. The average molecular weight is 235 g/mol. The van der Waals surface area contributed by atoms with Gasteiger partial charge in [0.25, 0.3) is 0 Å². The summed E-state index contributed by atoms with van der Waals surface area (Å²) >= 11 is 5.86. The number of hydrogen-bond acceptors (Lipinski definition) is 1. The second-order valence-corrected chi connectivity index (χ2v) is 4.71. The summed E-state index contributed by atoms with van der Waals surface area (Å²) in [6, 6.07) is 7.70. The molecule has 0 radical (unpaired) electrons. The molecule has 0 aliphatic carbocycles. The van der Waals surface area contributed by atoms with E-state index in [-0.39, 0.29) is 0 Å². The maximum absolute atomic E-state index is 5.86. The van der Waals surface area contributed by atoms with Gasteiger partial charge in [0.1, 0.15) is 0 Å². The van der Waals surface area contributed by atoms with Gasteiger partial charge in [-0.2, -0.15) is 5.10 Å². The minimum Gasteiger partial charge on any atom is -0.240 e. The zero-order valence-corrected chi connectivity index (χ0v) is 10.5. The maximum atomic E-state index is 5.86. The predicted molar refractivity (Wildman–Crippen MR) is 67.4 cm³/mol. The van der Waals surface area contributed by atoms with E-state index in [1.807, 2.05) is 28.9 Å². The third kappa shape index (κ3) is 2.12. The molecule has 0 bridgehead atoms. The highest BCUT2D eigenvalue weighted by Crippen LogP contribution is 2.19. The lowest BCUT2D eigenvalue weighted by Crippen LogP contribution is -1.96. The Labute approximate surface area is 101 Å². The van der Waals surface area contributed by atoms with Crippen molar-refractivity contribution in [2.45, 2.75) is 26.7 Å². The predicted octanol–water partition coefficient (Wildman–Crippen LogP) is 3.96. The van der Waals surface area contributed by atoms with Crippen molar-refractivity contribution in [1.82, 2.24) is 9.78 Å². The number of hydrogen-bond donors (Lipinski definition) is 0. The molecule has 0 amide bonds. The van der Waals surface area contributed by atoms with Crippen molar-refractivity contribution in [2.75, 3.05) is 0 Å². The van der Waals surface area contributed by atoms with E-state index in [1.54, 1.807) is 0 Å². The van der Waals surface area contributed by atoms with Gasteiger partial charge in [-0.3, -0.25) is 0 Å². The zero-order valence-electron chi connectivity index (χ0n) is 9.74. The van der Waals surface area contributed by atoms with Crippen LogP contribution >= 0.6 is 11.6 Å². The molecule has 0 atom stereocenters. The molecule has 16 heavy (non-hydrogen) atoms. The zero-order chi connectivity index (χ0) is 11.7. The highest BCUT2D eigenvalue weighted by molar-refractivity contribution is 6.30. The number of aromatic nitrogens is 2. The fourth-order valence-corrected chi connectivity index (χ4v) is 1.90. The molecule has 3 heteroatoms. The molecule has 1 heterocycles. The quantitative estimate of drug-likeness (QED) is 0.769. The standard InChI is InChI=1S/C13H15ClN2/c1-9(2)13-10(3)8-16(15-13)12-6-4-11(14)5-7-12/h4-9H,1-3H3. The molecule has 0 spiro atoms. The van der Waals surface area contributed by atoms with Crippen LogP contribution in [0.4, 0.5) is 0 Å². The summed E-state index contributed by atoms with van der Waals surface area (Å²) in [5.74, 6) is 0.452. The van der Waals surface area contributed by atoms with Crippen LogP contribution in [0, 0.1) is 6.92 Å². The van der Waals surface area contributed by atoms with Crippen molar-refractivity contribution in [2.24, 2.45) is 0 Å². The Kier molecular flexibility index (Phi) is 3.01. The summed E-state index contributed by atoms with van der Waals surface area (Å²) in [5.41, 5.74) is 3.42. The van der Waals surface area contributed by atoms with Gasteiger partial charge in [-0.05, 0) is 42.7 Å². The van der Waals surface area contributed by atoms with Gasteiger partial charge in [-0.25, -0.2) is 4.68 Å². The Morgan fingerprint density at radius 2 is 1.81 bits per heavy atom. The van der Waals surface area contributed by atoms with Crippen LogP contribution in [-0.2, 0) is 0 Å². The Morgan fingerprint density at radius 3 is 2.31 bits per heavy atom. The van der Waals surface area contributed by atoms with Gasteiger partial charge in [0, 0.05) is 11.2 Å². The van der Waals surface area contributed by atoms with Crippen LogP contribution in [0.3, 0.4) is 0 Å². The van der Waals surface area contributed by atoms with Gasteiger partial charge in [-0.1, -0.05) is 25.4 Å². The summed E-state index contributed by atoms with van der Waals surface area (Å²) in [5, 5.41) is 5.33. The highest BCUT2D eigenvalue weighted by atomic mass is 35.5. The monoisotopic (exact) mass is 234 g/mol. The van der Waals surface area contributed by atoms with Crippen LogP contribution in [0.5, 0.6) is 0 Å². The van der Waals surface area contributed by atoms with E-state index < -0.39 is 0 Å². The Morgan fingerprint density at radius 1 is 1.19 bits per heavy atom. The molecule has 1 aromatic heterocycles. The van der Waals surface area contributed by atoms with Gasteiger partial charge in [0.15, 0.2) is 0 Å². The van der Waals surface area contributed by atoms with E-state index in [0.717, 1.165) is 16.4 Å². The fourth-order valence-electron chi connectivity index (χ4n) is 1.77. The second kappa shape index (κ2) is 4.30. The van der Waals surface area contributed by atoms with E-state index in [0.29, 0.717) is 5.92 Å². The molecule has 0 fully saturated rings. The average Bonchev–Trinajstić information content (AvgIpc) is 2.61. The first-order chi connectivity index (χ1) is 7.58. The van der Waals surface area contributed by atoms with Gasteiger partial charge < -0.3 is 0 Å². The number of benzene rings is 1. The molecule has 0 unspecified atom stereocenters. The van der Waals surface area contributed by atoms with Crippen molar-refractivity contribution in [3.8, 4) is 5.69 Å². The van der Waals surface area contributed by atoms with Crippen molar-refractivity contribution in [3.63, 3.8) is 0 Å². The first-order valence-electron chi connectivity index (χ1n) is 5.40. The van der Waals surface area contributed by atoms with E-state index in [2.05, 4.69) is 32.1 Å². The molecule has 2 rings (SSSR count). The third-order valence-electron chi connectivity index (χ3n) is 2.57. The number of nitrogens with zero attached hydrogens (tertiary/aromatic N) is 2. The highest BCUT2D eigenvalue weighted by Gasteiger charge is 2.09. The topological polar surface area (TPSA) is 17.8 Å². The summed E-state index contributed by atoms with van der Waals surface area (Å²) < 4.78 is 1.90. The molecule has 0 aliphatic rings. The summed E-state index contributed by atoms with van der Waals surface area (Å²) in [7, 11) is 0. The summed E-state index contributed by atoms with van der Waals surface area (Å²) in [6.45, 7) is 6.40. The second-order valence-electron chi connectivity index (χ2n) is 4.27. The fraction of sp³-hybridized carbons (Fsp3) is 0.308. The van der Waals surface area contributed by atoms with Crippen LogP contribution in [0.1, 0.15) is 31.0 Å². The molecule has 0 aliphatic heterocycles. The van der Waals surface area contributed by atoms with Crippen LogP contribution in [-0.4, -0.2) is 9.78 Å². The first kappa shape index (κ1) is 11.2. The minimum absolute atomic E-state index is 0.452. The number of rotatable bonds is 2. The van der Waals surface area contributed by atoms with Crippen molar-refractivity contribution >= 4 is 11.6 Å². The van der Waals surface area contributed by atoms with Crippen molar-refractivity contribution in [1.29, 1.82) is 0 Å². The molecular weight excluding hydrogens is 220 g/mol. The van der Waals surface area contributed by atoms with E-state index in [1.165, 1.54) is 5.56 Å². The van der Waals surface area contributed by atoms with Crippen LogP contribution in [0.25, 0.3) is 5.69 Å². The molecule has 0 N–H and O–H groups in total. The Hall–Kier alpha value is -1.28.